The highest BCUT2D eigenvalue weighted by atomic mass is 16.5. The van der Waals surface area contributed by atoms with Gasteiger partial charge in [0.15, 0.2) is 0 Å². The number of methoxy groups -OCH3 is 1. The van der Waals surface area contributed by atoms with E-state index in [1.54, 1.807) is 17.7 Å². The highest BCUT2D eigenvalue weighted by Crippen LogP contribution is 2.25. The second kappa shape index (κ2) is 12.5. The summed E-state index contributed by atoms with van der Waals surface area (Å²) in [6.07, 6.45) is 6.41. The van der Waals surface area contributed by atoms with Gasteiger partial charge in [0, 0.05) is 20.1 Å². The predicted molar refractivity (Wildman–Crippen MR) is 122 cm³/mol. The molecule has 2 rings (SSSR count). The van der Waals surface area contributed by atoms with Gasteiger partial charge in [-0.2, -0.15) is 0 Å². The lowest BCUT2D eigenvalue weighted by Crippen LogP contribution is -2.39. The lowest BCUT2D eigenvalue weighted by molar-refractivity contribution is -0.134. The molecule has 2 aromatic rings. The first-order valence-electron chi connectivity index (χ1n) is 11.4. The minimum Gasteiger partial charge on any atom is -0.383 e. The molecule has 166 valence electrons. The van der Waals surface area contributed by atoms with Crippen LogP contribution >= 0.6 is 0 Å². The van der Waals surface area contributed by atoms with Crippen LogP contribution in [0.4, 0.5) is 0 Å². The molecule has 0 aliphatic heterocycles. The summed E-state index contributed by atoms with van der Waals surface area (Å²) in [7, 11) is 1.62. The monoisotopic (exact) mass is 415 g/mol. The summed E-state index contributed by atoms with van der Waals surface area (Å²) in [5, 5.41) is 0.597. The molecule has 1 heterocycles. The van der Waals surface area contributed by atoms with Gasteiger partial charge in [-0.3, -0.25) is 14.2 Å². The van der Waals surface area contributed by atoms with Gasteiger partial charge >= 0.3 is 0 Å². The SMILES string of the molecule is CCCCCCC(=O)N(CCC)C(CC)c1nc2ccccc2c(=O)n1CCOC. The average Bonchev–Trinajstić information content (AvgIpc) is 2.76. The highest BCUT2D eigenvalue weighted by Gasteiger charge is 2.27. The van der Waals surface area contributed by atoms with Crippen LogP contribution in [0.3, 0.4) is 0 Å². The van der Waals surface area contributed by atoms with Gasteiger partial charge in [-0.15, -0.1) is 0 Å². The van der Waals surface area contributed by atoms with Gasteiger partial charge in [0.1, 0.15) is 5.82 Å². The van der Waals surface area contributed by atoms with Crippen molar-refractivity contribution in [1.82, 2.24) is 14.5 Å². The fourth-order valence-electron chi connectivity index (χ4n) is 3.92. The minimum absolute atomic E-state index is 0.0713. The Hall–Kier alpha value is -2.21. The lowest BCUT2D eigenvalue weighted by Gasteiger charge is -2.32. The number of para-hydroxylation sites is 1. The second-order valence-corrected chi connectivity index (χ2v) is 7.76. The van der Waals surface area contributed by atoms with Gasteiger partial charge in [0.05, 0.1) is 30.1 Å². The van der Waals surface area contributed by atoms with E-state index in [1.807, 2.05) is 23.1 Å². The van der Waals surface area contributed by atoms with Crippen LogP contribution in [0.25, 0.3) is 10.9 Å². The van der Waals surface area contributed by atoms with Crippen molar-refractivity contribution in [2.75, 3.05) is 20.3 Å². The van der Waals surface area contributed by atoms with Crippen LogP contribution in [0.5, 0.6) is 0 Å². The number of hydrogen-bond acceptors (Lipinski definition) is 4. The number of rotatable bonds is 13. The lowest BCUT2D eigenvalue weighted by atomic mass is 10.1. The molecule has 1 atom stereocenters. The van der Waals surface area contributed by atoms with Gasteiger partial charge in [0.2, 0.25) is 5.91 Å². The van der Waals surface area contributed by atoms with E-state index in [1.165, 1.54) is 0 Å². The van der Waals surface area contributed by atoms with Crippen LogP contribution in [0.15, 0.2) is 29.1 Å². The molecule has 0 spiro atoms. The molecular weight excluding hydrogens is 378 g/mol. The topological polar surface area (TPSA) is 64.4 Å². The average molecular weight is 416 g/mol. The third-order valence-electron chi connectivity index (χ3n) is 5.50. The number of amides is 1. The summed E-state index contributed by atoms with van der Waals surface area (Å²) in [6, 6.07) is 7.19. The van der Waals surface area contributed by atoms with Crippen molar-refractivity contribution in [3.63, 3.8) is 0 Å². The smallest absolute Gasteiger partial charge is 0.261 e. The van der Waals surface area contributed by atoms with Crippen molar-refractivity contribution < 1.29 is 9.53 Å². The van der Waals surface area contributed by atoms with Crippen molar-refractivity contribution in [3.8, 4) is 0 Å². The Morgan fingerprint density at radius 2 is 1.90 bits per heavy atom. The zero-order chi connectivity index (χ0) is 21.9. The third kappa shape index (κ3) is 5.91. The third-order valence-corrected chi connectivity index (χ3v) is 5.50. The number of nitrogens with zero attached hydrogens (tertiary/aromatic N) is 3. The van der Waals surface area contributed by atoms with Crippen molar-refractivity contribution >= 4 is 16.8 Å². The number of hydrogen-bond donors (Lipinski definition) is 0. The second-order valence-electron chi connectivity index (χ2n) is 7.76. The van der Waals surface area contributed by atoms with Crippen LogP contribution < -0.4 is 5.56 Å². The number of carbonyl (C=O) groups is 1. The molecule has 6 nitrogen and oxygen atoms in total. The Labute approximate surface area is 180 Å². The van der Waals surface area contributed by atoms with E-state index in [-0.39, 0.29) is 17.5 Å². The largest absolute Gasteiger partial charge is 0.383 e. The first kappa shape index (κ1) is 24.1. The molecule has 0 N–H and O–H groups in total. The Bertz CT molecular complexity index is 862. The van der Waals surface area contributed by atoms with E-state index in [4.69, 9.17) is 9.72 Å². The minimum atomic E-state index is -0.224. The standard InChI is InChI=1S/C24H37N3O3/c1-5-8-9-10-15-22(28)26(16-6-2)21(7-3)23-25-20-14-12-11-13-19(20)24(29)27(23)17-18-30-4/h11-14,21H,5-10,15-18H2,1-4H3. The van der Waals surface area contributed by atoms with Crippen LogP contribution in [-0.2, 0) is 16.1 Å². The van der Waals surface area contributed by atoms with E-state index in [9.17, 15) is 9.59 Å². The van der Waals surface area contributed by atoms with Crippen LogP contribution in [0.2, 0.25) is 0 Å². The molecule has 1 amide bonds. The molecule has 0 radical (unpaired) electrons. The fourth-order valence-corrected chi connectivity index (χ4v) is 3.92. The highest BCUT2D eigenvalue weighted by molar-refractivity contribution is 5.78. The van der Waals surface area contributed by atoms with E-state index in [2.05, 4.69) is 20.8 Å². The molecule has 0 saturated carbocycles. The van der Waals surface area contributed by atoms with Gasteiger partial charge in [-0.25, -0.2) is 4.98 Å². The van der Waals surface area contributed by atoms with E-state index in [0.29, 0.717) is 49.3 Å². The molecule has 1 aromatic carbocycles. The van der Waals surface area contributed by atoms with Gasteiger partial charge in [0.25, 0.3) is 5.56 Å². The maximum Gasteiger partial charge on any atom is 0.261 e. The summed E-state index contributed by atoms with van der Waals surface area (Å²) in [5.41, 5.74) is 0.606. The maximum atomic E-state index is 13.2. The van der Waals surface area contributed by atoms with E-state index < -0.39 is 0 Å². The normalized spacial score (nSPS) is 12.3. The predicted octanol–water partition coefficient (Wildman–Crippen LogP) is 4.70. The van der Waals surface area contributed by atoms with Crippen LogP contribution in [-0.4, -0.2) is 40.6 Å². The van der Waals surface area contributed by atoms with Crippen molar-refractivity contribution in [1.29, 1.82) is 0 Å². The first-order valence-corrected chi connectivity index (χ1v) is 11.4. The van der Waals surface area contributed by atoms with E-state index in [0.717, 1.165) is 32.1 Å². The van der Waals surface area contributed by atoms with Gasteiger partial charge < -0.3 is 9.64 Å². The molecule has 0 aliphatic rings. The molecule has 0 saturated heterocycles. The van der Waals surface area contributed by atoms with Crippen molar-refractivity contribution in [2.45, 2.75) is 78.3 Å². The van der Waals surface area contributed by atoms with Crippen LogP contribution in [0.1, 0.15) is 77.6 Å². The number of fused-ring (bicyclic) bond motifs is 1. The Balaban J connectivity index is 2.46. The molecule has 0 bridgehead atoms. The number of ether oxygens (including phenoxy) is 1. The number of benzene rings is 1. The summed E-state index contributed by atoms with van der Waals surface area (Å²) < 4.78 is 6.95. The van der Waals surface area contributed by atoms with Crippen LogP contribution in [0, 0.1) is 0 Å². The first-order chi connectivity index (χ1) is 14.6. The molecule has 1 unspecified atom stereocenters. The zero-order valence-corrected chi connectivity index (χ0v) is 19.0. The maximum absolute atomic E-state index is 13.2. The zero-order valence-electron chi connectivity index (χ0n) is 19.0. The number of carbonyl (C=O) groups excluding carboxylic acids is 1. The quantitative estimate of drug-likeness (QED) is 0.445. The summed E-state index contributed by atoms with van der Waals surface area (Å²) >= 11 is 0. The molecule has 1 aromatic heterocycles. The summed E-state index contributed by atoms with van der Waals surface area (Å²) in [5.74, 6) is 0.814. The Morgan fingerprint density at radius 1 is 1.13 bits per heavy atom. The van der Waals surface area contributed by atoms with Crippen molar-refractivity contribution in [2.24, 2.45) is 0 Å². The van der Waals surface area contributed by atoms with Crippen molar-refractivity contribution in [3.05, 3.63) is 40.4 Å². The summed E-state index contributed by atoms with van der Waals surface area (Å²) in [4.78, 5) is 33.2. The summed E-state index contributed by atoms with van der Waals surface area (Å²) in [6.45, 7) is 7.81. The Kier molecular flexibility index (Phi) is 10.0. The molecule has 6 heteroatoms. The van der Waals surface area contributed by atoms with Gasteiger partial charge in [-0.05, 0) is 31.4 Å². The molecule has 30 heavy (non-hydrogen) atoms. The number of unbranched alkanes of at least 4 members (excludes halogenated alkanes) is 3. The Morgan fingerprint density at radius 3 is 2.57 bits per heavy atom. The molecule has 0 aliphatic carbocycles. The molecule has 0 fully saturated rings. The fraction of sp³-hybridized carbons (Fsp3) is 0.625. The number of aromatic nitrogens is 2. The van der Waals surface area contributed by atoms with E-state index >= 15 is 0 Å². The van der Waals surface area contributed by atoms with Gasteiger partial charge in [-0.1, -0.05) is 52.2 Å². The molecular formula is C24H37N3O3.